The molecule has 0 unspecified atom stereocenters. The van der Waals surface area contributed by atoms with Crippen LogP contribution in [0.3, 0.4) is 0 Å². The maximum atomic E-state index is 14.1. The Morgan fingerprint density at radius 2 is 1.59 bits per heavy atom. The van der Waals surface area contributed by atoms with Gasteiger partial charge in [0.2, 0.25) is 11.8 Å². The summed E-state index contributed by atoms with van der Waals surface area (Å²) in [7, 11) is -2.50. The molecule has 1 aliphatic rings. The molecule has 0 heterocycles. The number of nitrogens with one attached hydrogen (secondary N) is 1. The second-order valence-electron chi connectivity index (χ2n) is 10.2. The molecule has 0 aliphatic heterocycles. The monoisotopic (exact) mass is 689 g/mol. The van der Waals surface area contributed by atoms with Crippen LogP contribution in [0.5, 0.6) is 5.75 Å². The van der Waals surface area contributed by atoms with E-state index in [1.807, 2.05) is 12.1 Å². The molecule has 0 spiro atoms. The fraction of sp³-hybridized carbons (Fsp3) is 0.355. The summed E-state index contributed by atoms with van der Waals surface area (Å²) in [6, 6.07) is 21.5. The molecule has 0 aromatic heterocycles. The summed E-state index contributed by atoms with van der Waals surface area (Å²) >= 11 is 2.15. The van der Waals surface area contributed by atoms with Gasteiger partial charge in [-0.1, -0.05) is 49.6 Å². The molecule has 4 rings (SSSR count). The number of nitrogens with zero attached hydrogens (tertiary/aromatic N) is 2. The molecule has 3 aromatic rings. The predicted octanol–water partition coefficient (Wildman–Crippen LogP) is 5.36. The molecule has 1 N–H and O–H groups in total. The highest BCUT2D eigenvalue weighted by atomic mass is 127. The van der Waals surface area contributed by atoms with Crippen molar-refractivity contribution in [2.75, 3.05) is 18.0 Å². The van der Waals surface area contributed by atoms with E-state index in [0.717, 1.165) is 45.5 Å². The van der Waals surface area contributed by atoms with Crippen molar-refractivity contribution in [3.8, 4) is 5.75 Å². The van der Waals surface area contributed by atoms with Gasteiger partial charge in [0.1, 0.15) is 18.3 Å². The second kappa shape index (κ2) is 14.2. The van der Waals surface area contributed by atoms with Crippen LogP contribution in [0.1, 0.15) is 44.6 Å². The van der Waals surface area contributed by atoms with Gasteiger partial charge in [-0.15, -0.1) is 0 Å². The summed E-state index contributed by atoms with van der Waals surface area (Å²) in [6.45, 7) is 1.36. The van der Waals surface area contributed by atoms with Gasteiger partial charge in [-0.05, 0) is 96.5 Å². The Balaban J connectivity index is 1.65. The minimum Gasteiger partial charge on any atom is -0.497 e. The largest absolute Gasteiger partial charge is 0.497 e. The molecule has 2 amide bonds. The second-order valence-corrected chi connectivity index (χ2v) is 13.3. The zero-order chi connectivity index (χ0) is 29.4. The zero-order valence-corrected chi connectivity index (χ0v) is 26.3. The van der Waals surface area contributed by atoms with E-state index >= 15 is 0 Å². The Bertz CT molecular complexity index is 1410. The predicted molar refractivity (Wildman–Crippen MR) is 168 cm³/mol. The van der Waals surface area contributed by atoms with Gasteiger partial charge in [-0.25, -0.2) is 8.42 Å². The average Bonchev–Trinajstić information content (AvgIpc) is 3.00. The average molecular weight is 690 g/mol. The van der Waals surface area contributed by atoms with Gasteiger partial charge in [-0.2, -0.15) is 0 Å². The summed E-state index contributed by atoms with van der Waals surface area (Å²) < 4.78 is 35.0. The van der Waals surface area contributed by atoms with Gasteiger partial charge in [0, 0.05) is 16.2 Å². The van der Waals surface area contributed by atoms with Gasteiger partial charge in [0.05, 0.1) is 17.7 Å². The first-order chi connectivity index (χ1) is 19.7. The van der Waals surface area contributed by atoms with Crippen LogP contribution in [-0.4, -0.2) is 50.9 Å². The SMILES string of the molecule is COc1ccc(CN(C(=O)CN(c2ccc(I)cc2)S(=O)(=O)c2ccccc2)[C@H](C)C(=O)NC2CCCCC2)cc1. The Labute approximate surface area is 256 Å². The van der Waals surface area contributed by atoms with E-state index in [-0.39, 0.29) is 23.4 Å². The highest BCUT2D eigenvalue weighted by molar-refractivity contribution is 14.1. The van der Waals surface area contributed by atoms with Gasteiger partial charge < -0.3 is 15.0 Å². The number of carbonyl (C=O) groups is 2. The van der Waals surface area contributed by atoms with Crippen LogP contribution in [-0.2, 0) is 26.2 Å². The van der Waals surface area contributed by atoms with E-state index in [2.05, 4.69) is 27.9 Å². The van der Waals surface area contributed by atoms with Crippen molar-refractivity contribution in [1.82, 2.24) is 10.2 Å². The third kappa shape index (κ3) is 8.00. The molecule has 218 valence electrons. The first kappa shape index (κ1) is 30.8. The normalized spacial score (nSPS) is 14.6. The van der Waals surface area contributed by atoms with E-state index in [9.17, 15) is 18.0 Å². The van der Waals surface area contributed by atoms with Crippen molar-refractivity contribution >= 4 is 50.1 Å². The van der Waals surface area contributed by atoms with Crippen LogP contribution in [0.4, 0.5) is 5.69 Å². The van der Waals surface area contributed by atoms with Gasteiger partial charge >= 0.3 is 0 Å². The van der Waals surface area contributed by atoms with E-state index in [1.165, 1.54) is 17.0 Å². The quantitative estimate of drug-likeness (QED) is 0.274. The van der Waals surface area contributed by atoms with E-state index in [4.69, 9.17) is 4.74 Å². The lowest BCUT2D eigenvalue weighted by atomic mass is 9.95. The van der Waals surface area contributed by atoms with Crippen LogP contribution in [0.25, 0.3) is 0 Å². The van der Waals surface area contributed by atoms with Crippen molar-refractivity contribution in [2.24, 2.45) is 0 Å². The molecular formula is C31H36IN3O5S. The van der Waals surface area contributed by atoms with Crippen molar-refractivity contribution in [1.29, 1.82) is 0 Å². The van der Waals surface area contributed by atoms with E-state index in [0.29, 0.717) is 11.4 Å². The van der Waals surface area contributed by atoms with Crippen molar-refractivity contribution in [3.63, 3.8) is 0 Å². The Morgan fingerprint density at radius 3 is 2.20 bits per heavy atom. The molecule has 10 heteroatoms. The Morgan fingerprint density at radius 1 is 0.951 bits per heavy atom. The Kier molecular flexibility index (Phi) is 10.7. The fourth-order valence-electron chi connectivity index (χ4n) is 4.93. The number of methoxy groups -OCH3 is 1. The van der Waals surface area contributed by atoms with Crippen molar-refractivity contribution < 1.29 is 22.7 Å². The molecule has 0 bridgehead atoms. The summed E-state index contributed by atoms with van der Waals surface area (Å²) in [6.07, 6.45) is 5.13. The lowest BCUT2D eigenvalue weighted by Crippen LogP contribution is -2.53. The number of halogens is 1. The molecule has 3 aromatic carbocycles. The highest BCUT2D eigenvalue weighted by Gasteiger charge is 2.33. The van der Waals surface area contributed by atoms with Crippen molar-refractivity contribution in [3.05, 3.63) is 88.0 Å². The summed E-state index contributed by atoms with van der Waals surface area (Å²) in [4.78, 5) is 29.0. The topological polar surface area (TPSA) is 96.0 Å². The van der Waals surface area contributed by atoms with E-state index < -0.39 is 28.5 Å². The summed E-state index contributed by atoms with van der Waals surface area (Å²) in [5.74, 6) is -0.0517. The van der Waals surface area contributed by atoms with Gasteiger partial charge in [0.15, 0.2) is 0 Å². The molecular weight excluding hydrogens is 653 g/mol. The summed E-state index contributed by atoms with van der Waals surface area (Å²) in [5.41, 5.74) is 1.16. The van der Waals surface area contributed by atoms with E-state index in [1.54, 1.807) is 68.6 Å². The number of hydrogen-bond donors (Lipinski definition) is 1. The number of sulfonamides is 1. The van der Waals surface area contributed by atoms with Crippen LogP contribution in [0.2, 0.25) is 0 Å². The van der Waals surface area contributed by atoms with Crippen LogP contribution >= 0.6 is 22.6 Å². The molecule has 0 radical (unpaired) electrons. The standard InChI is InChI=1S/C31H36IN3O5S/c1-23(31(37)33-26-9-5-3-6-10-26)34(21-24-13-19-28(40-2)20-14-24)30(36)22-35(27-17-15-25(32)16-18-27)41(38,39)29-11-7-4-8-12-29/h4,7-8,11-20,23,26H,3,5-6,9-10,21-22H2,1-2H3,(H,33,37)/t23-/m1/s1. The number of ether oxygens (including phenoxy) is 1. The maximum absolute atomic E-state index is 14.1. The van der Waals surface area contributed by atoms with Gasteiger partial charge in [0.25, 0.3) is 10.0 Å². The minimum absolute atomic E-state index is 0.0798. The first-order valence-corrected chi connectivity index (χ1v) is 16.3. The molecule has 41 heavy (non-hydrogen) atoms. The molecule has 1 fully saturated rings. The summed E-state index contributed by atoms with van der Waals surface area (Å²) in [5, 5.41) is 3.12. The highest BCUT2D eigenvalue weighted by Crippen LogP contribution is 2.26. The number of anilines is 1. The lowest BCUT2D eigenvalue weighted by Gasteiger charge is -2.33. The molecule has 1 aliphatic carbocycles. The maximum Gasteiger partial charge on any atom is 0.264 e. The molecule has 1 atom stereocenters. The first-order valence-electron chi connectivity index (χ1n) is 13.7. The minimum atomic E-state index is -4.08. The third-order valence-electron chi connectivity index (χ3n) is 7.36. The van der Waals surface area contributed by atoms with Gasteiger partial charge in [-0.3, -0.25) is 13.9 Å². The van der Waals surface area contributed by atoms with Crippen LogP contribution < -0.4 is 14.4 Å². The zero-order valence-electron chi connectivity index (χ0n) is 23.3. The van der Waals surface area contributed by atoms with Crippen molar-refractivity contribution in [2.45, 2.75) is 62.6 Å². The number of amides is 2. The smallest absolute Gasteiger partial charge is 0.264 e. The molecule has 1 saturated carbocycles. The van der Waals surface area contributed by atoms with Crippen LogP contribution in [0.15, 0.2) is 83.8 Å². The fourth-order valence-corrected chi connectivity index (χ4v) is 6.73. The Hall–Kier alpha value is -3.12. The number of benzene rings is 3. The number of carbonyl (C=O) groups excluding carboxylic acids is 2. The third-order valence-corrected chi connectivity index (χ3v) is 9.86. The lowest BCUT2D eigenvalue weighted by molar-refractivity contribution is -0.139. The number of hydrogen-bond acceptors (Lipinski definition) is 5. The molecule has 0 saturated heterocycles. The number of rotatable bonds is 11. The van der Waals surface area contributed by atoms with Crippen LogP contribution in [0, 0.1) is 3.57 Å². The molecule has 8 nitrogen and oxygen atoms in total.